The zero-order valence-corrected chi connectivity index (χ0v) is 10.6. The van der Waals surface area contributed by atoms with E-state index in [9.17, 15) is 13.6 Å². The molecule has 0 radical (unpaired) electrons. The fraction of sp³-hybridized carbons (Fsp3) is 0.462. The van der Waals surface area contributed by atoms with Crippen molar-refractivity contribution in [3.63, 3.8) is 0 Å². The second kappa shape index (κ2) is 5.65. The molecule has 1 fully saturated rings. The highest BCUT2D eigenvalue weighted by molar-refractivity contribution is 6.18. The van der Waals surface area contributed by atoms with Crippen molar-refractivity contribution < 1.29 is 13.6 Å². The van der Waals surface area contributed by atoms with Crippen molar-refractivity contribution in [1.82, 2.24) is 4.90 Å². The molecule has 0 aromatic heterocycles. The molecular weight excluding hydrogens is 260 g/mol. The van der Waals surface area contributed by atoms with E-state index in [0.29, 0.717) is 24.9 Å². The highest BCUT2D eigenvalue weighted by Gasteiger charge is 2.26. The third kappa shape index (κ3) is 2.80. The van der Waals surface area contributed by atoms with Crippen LogP contribution in [0.15, 0.2) is 18.2 Å². The Bertz CT molecular complexity index is 432. The van der Waals surface area contributed by atoms with Gasteiger partial charge in [0.15, 0.2) is 0 Å². The molecule has 0 bridgehead atoms. The Morgan fingerprint density at radius 3 is 2.61 bits per heavy atom. The van der Waals surface area contributed by atoms with E-state index in [2.05, 4.69) is 0 Å². The molecular formula is C13H14ClF2NO. The number of hydrogen-bond acceptors (Lipinski definition) is 1. The van der Waals surface area contributed by atoms with E-state index < -0.39 is 11.6 Å². The maximum atomic E-state index is 13.4. The lowest BCUT2D eigenvalue weighted by Gasteiger charge is -2.16. The van der Waals surface area contributed by atoms with E-state index in [1.54, 1.807) is 4.90 Å². The number of carbonyl (C=O) groups is 1. The largest absolute Gasteiger partial charge is 0.342 e. The van der Waals surface area contributed by atoms with Crippen LogP contribution in [0.4, 0.5) is 8.78 Å². The molecule has 1 saturated heterocycles. The first-order valence-corrected chi connectivity index (χ1v) is 6.42. The average Bonchev–Trinajstić information content (AvgIpc) is 2.82. The van der Waals surface area contributed by atoms with E-state index in [4.69, 9.17) is 11.6 Å². The van der Waals surface area contributed by atoms with Gasteiger partial charge in [-0.05, 0) is 24.5 Å². The fourth-order valence-electron chi connectivity index (χ4n) is 2.15. The lowest BCUT2D eigenvalue weighted by atomic mass is 10.1. The van der Waals surface area contributed by atoms with Crippen LogP contribution >= 0.6 is 11.6 Å². The SMILES string of the molecule is O=C(Cc1c(F)cccc1F)N1CCC(CCl)C1. The van der Waals surface area contributed by atoms with Gasteiger partial charge in [-0.3, -0.25) is 4.79 Å². The van der Waals surface area contributed by atoms with Gasteiger partial charge in [0.2, 0.25) is 5.91 Å². The minimum Gasteiger partial charge on any atom is -0.342 e. The molecule has 0 N–H and O–H groups in total. The van der Waals surface area contributed by atoms with Crippen LogP contribution in [0, 0.1) is 17.6 Å². The van der Waals surface area contributed by atoms with Gasteiger partial charge in [0.05, 0.1) is 6.42 Å². The molecule has 0 saturated carbocycles. The van der Waals surface area contributed by atoms with Gasteiger partial charge >= 0.3 is 0 Å². The van der Waals surface area contributed by atoms with Gasteiger partial charge in [-0.2, -0.15) is 0 Å². The molecule has 98 valence electrons. The van der Waals surface area contributed by atoms with Crippen LogP contribution in [0.5, 0.6) is 0 Å². The van der Waals surface area contributed by atoms with E-state index in [1.807, 2.05) is 0 Å². The summed E-state index contributed by atoms with van der Waals surface area (Å²) in [4.78, 5) is 13.6. The van der Waals surface area contributed by atoms with Crippen molar-refractivity contribution in [2.75, 3.05) is 19.0 Å². The van der Waals surface area contributed by atoms with Gasteiger partial charge in [0.25, 0.3) is 0 Å². The van der Waals surface area contributed by atoms with Crippen molar-refractivity contribution >= 4 is 17.5 Å². The average molecular weight is 274 g/mol. The van der Waals surface area contributed by atoms with Crippen LogP contribution in [0.3, 0.4) is 0 Å². The number of carbonyl (C=O) groups excluding carboxylic acids is 1. The quantitative estimate of drug-likeness (QED) is 0.775. The summed E-state index contributed by atoms with van der Waals surface area (Å²) in [5.74, 6) is -0.779. The first-order chi connectivity index (χ1) is 8.61. The van der Waals surface area contributed by atoms with Crippen molar-refractivity contribution in [1.29, 1.82) is 0 Å². The third-order valence-electron chi connectivity index (χ3n) is 3.25. The molecule has 1 atom stereocenters. The Hall–Kier alpha value is -1.16. The summed E-state index contributed by atoms with van der Waals surface area (Å²) in [5, 5.41) is 0. The maximum Gasteiger partial charge on any atom is 0.227 e. The molecule has 2 rings (SSSR count). The molecule has 1 aromatic rings. The predicted octanol–water partition coefficient (Wildman–Crippen LogP) is 2.59. The number of halogens is 3. The molecule has 1 unspecified atom stereocenters. The second-order valence-electron chi connectivity index (χ2n) is 4.53. The minimum absolute atomic E-state index is 0.156. The lowest BCUT2D eigenvalue weighted by molar-refractivity contribution is -0.129. The second-order valence-corrected chi connectivity index (χ2v) is 4.83. The number of rotatable bonds is 3. The molecule has 0 aliphatic carbocycles. The third-order valence-corrected chi connectivity index (χ3v) is 3.68. The van der Waals surface area contributed by atoms with Crippen LogP contribution < -0.4 is 0 Å². The van der Waals surface area contributed by atoms with Crippen molar-refractivity contribution in [3.05, 3.63) is 35.4 Å². The van der Waals surface area contributed by atoms with Crippen molar-refractivity contribution in [2.24, 2.45) is 5.92 Å². The molecule has 2 nitrogen and oxygen atoms in total. The maximum absolute atomic E-state index is 13.4. The topological polar surface area (TPSA) is 20.3 Å². The van der Waals surface area contributed by atoms with Crippen LogP contribution in [0.1, 0.15) is 12.0 Å². The van der Waals surface area contributed by atoms with Crippen LogP contribution in [-0.2, 0) is 11.2 Å². The number of amides is 1. The van der Waals surface area contributed by atoms with Gasteiger partial charge in [0.1, 0.15) is 11.6 Å². The number of nitrogens with zero attached hydrogens (tertiary/aromatic N) is 1. The highest BCUT2D eigenvalue weighted by atomic mass is 35.5. The Balaban J connectivity index is 2.04. The van der Waals surface area contributed by atoms with Gasteiger partial charge < -0.3 is 4.90 Å². The van der Waals surface area contributed by atoms with Crippen LogP contribution in [0.2, 0.25) is 0 Å². The van der Waals surface area contributed by atoms with Crippen molar-refractivity contribution in [2.45, 2.75) is 12.8 Å². The first-order valence-electron chi connectivity index (χ1n) is 5.88. The van der Waals surface area contributed by atoms with Crippen LogP contribution in [0.25, 0.3) is 0 Å². The molecule has 0 spiro atoms. The van der Waals surface area contributed by atoms with E-state index in [-0.39, 0.29) is 17.9 Å². The van der Waals surface area contributed by atoms with Gasteiger partial charge in [0, 0.05) is 24.5 Å². The Labute approximate surface area is 110 Å². The summed E-state index contributed by atoms with van der Waals surface area (Å²) in [7, 11) is 0. The summed E-state index contributed by atoms with van der Waals surface area (Å²) in [6.07, 6.45) is 0.627. The standard InChI is InChI=1S/C13H14ClF2NO/c14-7-9-4-5-17(8-9)13(18)6-10-11(15)2-1-3-12(10)16/h1-3,9H,4-8H2. The zero-order chi connectivity index (χ0) is 13.1. The minimum atomic E-state index is -0.670. The van der Waals surface area contributed by atoms with E-state index in [1.165, 1.54) is 6.07 Å². The lowest BCUT2D eigenvalue weighted by Crippen LogP contribution is -2.30. The smallest absolute Gasteiger partial charge is 0.227 e. The molecule has 1 aromatic carbocycles. The summed E-state index contributed by atoms with van der Waals surface area (Å²) in [6, 6.07) is 3.62. The summed E-state index contributed by atoms with van der Waals surface area (Å²) in [6.45, 7) is 1.20. The predicted molar refractivity (Wildman–Crippen MR) is 65.5 cm³/mol. The molecule has 1 amide bonds. The number of likely N-dealkylation sites (tertiary alicyclic amines) is 1. The molecule has 1 heterocycles. The van der Waals surface area contributed by atoms with Gasteiger partial charge in [-0.1, -0.05) is 6.07 Å². The summed E-state index contributed by atoms with van der Waals surface area (Å²) < 4.78 is 26.8. The Morgan fingerprint density at radius 1 is 1.39 bits per heavy atom. The fourth-order valence-corrected chi connectivity index (χ4v) is 2.40. The number of hydrogen-bond donors (Lipinski definition) is 0. The highest BCUT2D eigenvalue weighted by Crippen LogP contribution is 2.20. The van der Waals surface area contributed by atoms with Gasteiger partial charge in [-0.15, -0.1) is 11.6 Å². The molecule has 1 aliphatic heterocycles. The Morgan fingerprint density at radius 2 is 2.06 bits per heavy atom. The van der Waals surface area contributed by atoms with E-state index >= 15 is 0 Å². The van der Waals surface area contributed by atoms with Crippen molar-refractivity contribution in [3.8, 4) is 0 Å². The zero-order valence-electron chi connectivity index (χ0n) is 9.83. The van der Waals surface area contributed by atoms with Gasteiger partial charge in [-0.25, -0.2) is 8.78 Å². The molecule has 18 heavy (non-hydrogen) atoms. The Kier molecular flexibility index (Phi) is 4.17. The normalized spacial score (nSPS) is 19.3. The number of benzene rings is 1. The molecule has 5 heteroatoms. The summed E-state index contributed by atoms with van der Waals surface area (Å²) >= 11 is 5.73. The van der Waals surface area contributed by atoms with Crippen LogP contribution in [-0.4, -0.2) is 29.8 Å². The first kappa shape index (κ1) is 13.3. The molecule has 1 aliphatic rings. The summed E-state index contributed by atoms with van der Waals surface area (Å²) in [5.41, 5.74) is -0.156. The monoisotopic (exact) mass is 273 g/mol. The number of alkyl halides is 1. The van der Waals surface area contributed by atoms with E-state index in [0.717, 1.165) is 18.6 Å².